The van der Waals surface area contributed by atoms with E-state index >= 15 is 0 Å². The van der Waals surface area contributed by atoms with Crippen molar-refractivity contribution in [3.05, 3.63) is 36.0 Å². The van der Waals surface area contributed by atoms with Gasteiger partial charge < -0.3 is 10.2 Å². The van der Waals surface area contributed by atoms with Crippen LogP contribution in [0.25, 0.3) is 0 Å². The number of rotatable bonds is 5. The Balaban J connectivity index is 0. The fourth-order valence-electron chi connectivity index (χ4n) is 0.846. The molecule has 0 saturated heterocycles. The molecule has 0 aromatic carbocycles. The van der Waals surface area contributed by atoms with Crippen LogP contribution in [0, 0.1) is 0 Å². The van der Waals surface area contributed by atoms with Crippen molar-refractivity contribution in [2.45, 2.75) is 33.6 Å². The van der Waals surface area contributed by atoms with Gasteiger partial charge in [0.2, 0.25) is 0 Å². The van der Waals surface area contributed by atoms with Gasteiger partial charge in [0, 0.05) is 6.08 Å². The van der Waals surface area contributed by atoms with Gasteiger partial charge in [-0.15, -0.1) is 0 Å². The van der Waals surface area contributed by atoms with E-state index in [-0.39, 0.29) is 6.61 Å². The summed E-state index contributed by atoms with van der Waals surface area (Å²) in [7, 11) is 0. The Morgan fingerprint density at radius 3 is 2.06 bits per heavy atom. The van der Waals surface area contributed by atoms with Gasteiger partial charge in [0.25, 0.3) is 0 Å². The largest absolute Gasteiger partial charge is 0.478 e. The summed E-state index contributed by atoms with van der Waals surface area (Å²) in [5, 5.41) is 16.2. The summed E-state index contributed by atoms with van der Waals surface area (Å²) in [5.41, 5.74) is 2.63. The van der Waals surface area contributed by atoms with E-state index in [2.05, 4.69) is 33.4 Å². The van der Waals surface area contributed by atoms with Crippen LogP contribution in [0.15, 0.2) is 36.0 Å². The zero-order valence-corrected chi connectivity index (χ0v) is 10.4. The maximum absolute atomic E-state index is 9.25. The first kappa shape index (κ1) is 17.1. The summed E-state index contributed by atoms with van der Waals surface area (Å²) in [4.78, 5) is 9.25. The smallest absolute Gasteiger partial charge is 0.327 e. The van der Waals surface area contributed by atoms with Crippen LogP contribution in [0.1, 0.15) is 33.6 Å². The first-order chi connectivity index (χ1) is 7.43. The highest BCUT2D eigenvalue weighted by atomic mass is 16.4. The van der Waals surface area contributed by atoms with Gasteiger partial charge in [-0.1, -0.05) is 29.9 Å². The van der Waals surface area contributed by atoms with Crippen molar-refractivity contribution in [2.24, 2.45) is 0 Å². The first-order valence-electron chi connectivity index (χ1n) is 5.19. The minimum Gasteiger partial charge on any atom is -0.478 e. The number of allylic oxidation sites excluding steroid dienone is 3. The lowest BCUT2D eigenvalue weighted by Gasteiger charge is -1.96. The maximum atomic E-state index is 9.25. The van der Waals surface area contributed by atoms with E-state index in [1.54, 1.807) is 0 Å². The third-order valence-corrected chi connectivity index (χ3v) is 1.71. The van der Waals surface area contributed by atoms with Crippen molar-refractivity contribution < 1.29 is 15.0 Å². The fraction of sp³-hybridized carbons (Fsp3) is 0.462. The summed E-state index contributed by atoms with van der Waals surface area (Å²) in [6.45, 7) is 9.38. The molecule has 0 aliphatic rings. The number of aliphatic hydroxyl groups excluding tert-OH is 1. The molecule has 0 saturated carbocycles. The Labute approximate surface area is 97.8 Å². The maximum Gasteiger partial charge on any atom is 0.327 e. The lowest BCUT2D eigenvalue weighted by molar-refractivity contribution is -0.131. The van der Waals surface area contributed by atoms with Gasteiger partial charge in [-0.2, -0.15) is 0 Å². The molecule has 0 spiro atoms. The van der Waals surface area contributed by atoms with E-state index in [0.29, 0.717) is 0 Å². The van der Waals surface area contributed by atoms with Crippen molar-refractivity contribution in [1.82, 2.24) is 0 Å². The van der Waals surface area contributed by atoms with Crippen LogP contribution < -0.4 is 0 Å². The molecule has 0 unspecified atom stereocenters. The van der Waals surface area contributed by atoms with Crippen LogP contribution in [0.4, 0.5) is 0 Å². The highest BCUT2D eigenvalue weighted by molar-refractivity contribution is 5.78. The molecule has 0 aromatic rings. The van der Waals surface area contributed by atoms with Crippen molar-refractivity contribution in [3.63, 3.8) is 0 Å². The number of aliphatic carboxylic acids is 1. The lowest BCUT2D eigenvalue weighted by atomic mass is 10.1. The number of hydrogen-bond donors (Lipinski definition) is 2. The van der Waals surface area contributed by atoms with Crippen molar-refractivity contribution in [3.8, 4) is 0 Å². The molecule has 0 fully saturated rings. The highest BCUT2D eigenvalue weighted by Gasteiger charge is 1.86. The Kier molecular flexibility index (Phi) is 12.5. The molecule has 0 bridgehead atoms. The molecular weight excluding hydrogens is 204 g/mol. The second kappa shape index (κ2) is 11.7. The van der Waals surface area contributed by atoms with E-state index in [1.165, 1.54) is 11.1 Å². The lowest BCUT2D eigenvalue weighted by Crippen LogP contribution is -1.82. The predicted molar refractivity (Wildman–Crippen MR) is 67.3 cm³/mol. The Hall–Kier alpha value is -1.35. The molecule has 0 aliphatic carbocycles. The second-order valence-electron chi connectivity index (χ2n) is 3.60. The van der Waals surface area contributed by atoms with E-state index < -0.39 is 5.97 Å². The minimum atomic E-state index is -0.981. The molecule has 0 heterocycles. The quantitative estimate of drug-likeness (QED) is 0.559. The van der Waals surface area contributed by atoms with Gasteiger partial charge >= 0.3 is 5.97 Å². The standard InChI is InChI=1S/C10H18O.C3H4O2/c1-9(2)5-4-6-10(3)7-8-11;1-2-3(4)5/h5,7,11H,4,6,8H2,1-3H3;2H,1H2,(H,4,5). The first-order valence-corrected chi connectivity index (χ1v) is 5.19. The number of aliphatic hydroxyl groups is 1. The number of carboxylic acids is 1. The molecule has 0 radical (unpaired) electrons. The average Bonchev–Trinajstić information content (AvgIpc) is 2.18. The number of hydrogen-bond acceptors (Lipinski definition) is 2. The van der Waals surface area contributed by atoms with Crippen LogP contribution in [0.2, 0.25) is 0 Å². The van der Waals surface area contributed by atoms with Crippen molar-refractivity contribution >= 4 is 5.97 Å². The van der Waals surface area contributed by atoms with Gasteiger partial charge in [-0.3, -0.25) is 0 Å². The molecular formula is C13H22O3. The average molecular weight is 226 g/mol. The topological polar surface area (TPSA) is 57.5 Å². The molecule has 3 nitrogen and oxygen atoms in total. The monoisotopic (exact) mass is 226 g/mol. The van der Waals surface area contributed by atoms with Gasteiger partial charge in [0.1, 0.15) is 0 Å². The van der Waals surface area contributed by atoms with Crippen LogP contribution in [-0.4, -0.2) is 22.8 Å². The molecule has 0 atom stereocenters. The number of carbonyl (C=O) groups is 1. The molecule has 0 aliphatic heterocycles. The summed E-state index contributed by atoms with van der Waals surface area (Å²) in [6, 6.07) is 0. The summed E-state index contributed by atoms with van der Waals surface area (Å²) in [5.74, 6) is -0.981. The van der Waals surface area contributed by atoms with E-state index in [1.807, 2.05) is 6.08 Å². The number of carboxylic acid groups (broad SMARTS) is 1. The van der Waals surface area contributed by atoms with E-state index in [4.69, 9.17) is 10.2 Å². The molecule has 0 amide bonds. The van der Waals surface area contributed by atoms with Crippen LogP contribution in [0.5, 0.6) is 0 Å². The normalized spacial score (nSPS) is 9.88. The molecule has 3 heteroatoms. The van der Waals surface area contributed by atoms with Gasteiger partial charge in [-0.25, -0.2) is 4.79 Å². The van der Waals surface area contributed by atoms with Crippen LogP contribution in [0.3, 0.4) is 0 Å². The molecule has 0 rings (SSSR count). The van der Waals surface area contributed by atoms with Crippen LogP contribution in [-0.2, 0) is 4.79 Å². The molecule has 92 valence electrons. The fourth-order valence-corrected chi connectivity index (χ4v) is 0.846. The predicted octanol–water partition coefficient (Wildman–Crippen LogP) is 2.93. The molecule has 0 aromatic heterocycles. The van der Waals surface area contributed by atoms with Crippen molar-refractivity contribution in [1.29, 1.82) is 0 Å². The summed E-state index contributed by atoms with van der Waals surface area (Å²) in [6.07, 6.45) is 7.06. The summed E-state index contributed by atoms with van der Waals surface area (Å²) < 4.78 is 0. The van der Waals surface area contributed by atoms with Crippen molar-refractivity contribution in [2.75, 3.05) is 6.61 Å². The second-order valence-corrected chi connectivity index (χ2v) is 3.60. The zero-order valence-electron chi connectivity index (χ0n) is 10.4. The summed E-state index contributed by atoms with van der Waals surface area (Å²) >= 11 is 0. The molecule has 2 N–H and O–H groups in total. The van der Waals surface area contributed by atoms with E-state index in [0.717, 1.165) is 18.9 Å². The zero-order chi connectivity index (χ0) is 13.0. The Bertz CT molecular complexity index is 258. The SMILES string of the molecule is C=CC(=O)O.CC(C)=CCCC(C)=CCO. The van der Waals surface area contributed by atoms with Crippen LogP contribution >= 0.6 is 0 Å². The molecule has 16 heavy (non-hydrogen) atoms. The van der Waals surface area contributed by atoms with Gasteiger partial charge in [0.05, 0.1) is 6.61 Å². The Morgan fingerprint density at radius 2 is 1.75 bits per heavy atom. The van der Waals surface area contributed by atoms with Gasteiger partial charge in [-0.05, 0) is 33.6 Å². The van der Waals surface area contributed by atoms with E-state index in [9.17, 15) is 4.79 Å². The highest BCUT2D eigenvalue weighted by Crippen LogP contribution is 2.05. The third kappa shape index (κ3) is 18.4. The third-order valence-electron chi connectivity index (χ3n) is 1.71. The Morgan fingerprint density at radius 1 is 1.25 bits per heavy atom. The minimum absolute atomic E-state index is 0.167. The van der Waals surface area contributed by atoms with Gasteiger partial charge in [0.15, 0.2) is 0 Å².